The lowest BCUT2D eigenvalue weighted by Crippen LogP contribution is -2.28. The Labute approximate surface area is 108 Å². The summed E-state index contributed by atoms with van der Waals surface area (Å²) in [5.74, 6) is 0.224. The van der Waals surface area contributed by atoms with Gasteiger partial charge in [-0.05, 0) is 31.9 Å². The van der Waals surface area contributed by atoms with Gasteiger partial charge in [0.2, 0.25) is 0 Å². The summed E-state index contributed by atoms with van der Waals surface area (Å²) in [6, 6.07) is 3.28. The van der Waals surface area contributed by atoms with Crippen LogP contribution in [0.5, 0.6) is 0 Å². The molecule has 1 aromatic heterocycles. The monoisotopic (exact) mass is 268 g/mol. The summed E-state index contributed by atoms with van der Waals surface area (Å²) in [4.78, 5) is 16.6. The van der Waals surface area contributed by atoms with Gasteiger partial charge in [-0.1, -0.05) is 0 Å². The molecule has 0 spiro atoms. The highest BCUT2D eigenvalue weighted by molar-refractivity contribution is 7.84. The average molecular weight is 268 g/mol. The molecule has 0 bridgehead atoms. The first-order chi connectivity index (χ1) is 8.56. The number of amides is 1. The van der Waals surface area contributed by atoms with Crippen molar-refractivity contribution in [2.24, 2.45) is 0 Å². The van der Waals surface area contributed by atoms with Gasteiger partial charge in [-0.3, -0.25) is 9.00 Å². The molecule has 1 N–H and O–H groups in total. The van der Waals surface area contributed by atoms with Crippen molar-refractivity contribution in [1.82, 2.24) is 4.98 Å². The van der Waals surface area contributed by atoms with Crippen molar-refractivity contribution in [1.29, 1.82) is 0 Å². The van der Waals surface area contributed by atoms with E-state index in [1.54, 1.807) is 18.4 Å². The number of rotatable bonds is 3. The normalized spacial score (nSPS) is 24.8. The summed E-state index contributed by atoms with van der Waals surface area (Å²) in [6.07, 6.45) is 4.46. The van der Waals surface area contributed by atoms with Crippen LogP contribution < -0.4 is 5.32 Å². The lowest BCUT2D eigenvalue weighted by Gasteiger charge is -2.11. The molecule has 5 nitrogen and oxygen atoms in total. The SMILES string of the molecule is CC1CCC(C(=O)Nc2cc(S(C)=O)ccn2)O1. The molecule has 1 saturated heterocycles. The van der Waals surface area contributed by atoms with E-state index in [1.807, 2.05) is 6.92 Å². The van der Waals surface area contributed by atoms with Crippen molar-refractivity contribution in [3.05, 3.63) is 18.3 Å². The molecule has 18 heavy (non-hydrogen) atoms. The van der Waals surface area contributed by atoms with Crippen LogP contribution in [0.25, 0.3) is 0 Å². The van der Waals surface area contributed by atoms with Gasteiger partial charge in [0, 0.05) is 28.1 Å². The quantitative estimate of drug-likeness (QED) is 0.898. The summed E-state index contributed by atoms with van der Waals surface area (Å²) >= 11 is 0. The second-order valence-electron chi connectivity index (χ2n) is 4.33. The first kappa shape index (κ1) is 13.2. The van der Waals surface area contributed by atoms with E-state index in [9.17, 15) is 9.00 Å². The standard InChI is InChI=1S/C12H16N2O3S/c1-8-3-4-10(17-8)12(15)14-11-7-9(18(2)16)5-6-13-11/h5-8,10H,3-4H2,1-2H3,(H,13,14,15). The van der Waals surface area contributed by atoms with Crippen molar-refractivity contribution >= 4 is 22.5 Å². The summed E-state index contributed by atoms with van der Waals surface area (Å²) in [5.41, 5.74) is 0. The largest absolute Gasteiger partial charge is 0.365 e. The number of nitrogens with one attached hydrogen (secondary N) is 1. The molecule has 0 aromatic carbocycles. The molecule has 0 aliphatic carbocycles. The van der Waals surface area contributed by atoms with Crippen molar-refractivity contribution in [2.75, 3.05) is 11.6 Å². The van der Waals surface area contributed by atoms with Gasteiger partial charge in [0.25, 0.3) is 5.91 Å². The van der Waals surface area contributed by atoms with Crippen LogP contribution in [0.2, 0.25) is 0 Å². The van der Waals surface area contributed by atoms with Crippen molar-refractivity contribution in [2.45, 2.75) is 36.9 Å². The molecule has 3 unspecified atom stereocenters. The molecule has 6 heteroatoms. The smallest absolute Gasteiger partial charge is 0.254 e. The maximum absolute atomic E-state index is 11.9. The molecule has 98 valence electrons. The van der Waals surface area contributed by atoms with Gasteiger partial charge in [-0.15, -0.1) is 0 Å². The number of carbonyl (C=O) groups is 1. The van der Waals surface area contributed by atoms with Gasteiger partial charge in [0.1, 0.15) is 11.9 Å². The minimum Gasteiger partial charge on any atom is -0.365 e. The molecule has 2 rings (SSSR count). The van der Waals surface area contributed by atoms with E-state index in [-0.39, 0.29) is 12.0 Å². The lowest BCUT2D eigenvalue weighted by atomic mass is 10.2. The van der Waals surface area contributed by atoms with Gasteiger partial charge in [-0.2, -0.15) is 0 Å². The van der Waals surface area contributed by atoms with Crippen LogP contribution >= 0.6 is 0 Å². The fourth-order valence-corrected chi connectivity index (χ4v) is 2.39. The van der Waals surface area contributed by atoms with E-state index in [0.717, 1.165) is 12.8 Å². The first-order valence-electron chi connectivity index (χ1n) is 5.82. The Morgan fingerprint density at radius 1 is 1.56 bits per heavy atom. The molecule has 1 fully saturated rings. The predicted octanol–water partition coefficient (Wildman–Crippen LogP) is 1.32. The van der Waals surface area contributed by atoms with Crippen LogP contribution in [0.3, 0.4) is 0 Å². The topological polar surface area (TPSA) is 68.3 Å². The maximum atomic E-state index is 11.9. The number of carbonyl (C=O) groups excluding carboxylic acids is 1. The molecule has 1 aliphatic rings. The second kappa shape index (κ2) is 5.58. The summed E-state index contributed by atoms with van der Waals surface area (Å²) in [7, 11) is -1.08. The van der Waals surface area contributed by atoms with Crippen LogP contribution in [0, 0.1) is 0 Å². The van der Waals surface area contributed by atoms with Gasteiger partial charge in [0.15, 0.2) is 0 Å². The third kappa shape index (κ3) is 3.14. The Bertz CT molecular complexity index is 478. The zero-order chi connectivity index (χ0) is 13.1. The number of pyridine rings is 1. The highest BCUT2D eigenvalue weighted by atomic mass is 32.2. The molecular formula is C12H16N2O3S. The van der Waals surface area contributed by atoms with Crippen LogP contribution in [0.1, 0.15) is 19.8 Å². The number of ether oxygens (including phenoxy) is 1. The van der Waals surface area contributed by atoms with Gasteiger partial charge in [0.05, 0.1) is 6.10 Å². The number of anilines is 1. The Morgan fingerprint density at radius 2 is 2.33 bits per heavy atom. The highest BCUT2D eigenvalue weighted by Gasteiger charge is 2.28. The van der Waals surface area contributed by atoms with Gasteiger partial charge in [-0.25, -0.2) is 4.98 Å². The van der Waals surface area contributed by atoms with Crippen LogP contribution in [0.15, 0.2) is 23.2 Å². The van der Waals surface area contributed by atoms with Crippen molar-refractivity contribution < 1.29 is 13.7 Å². The molecule has 1 amide bonds. The summed E-state index contributed by atoms with van der Waals surface area (Å²) in [5, 5.41) is 2.69. The minimum absolute atomic E-state index is 0.128. The van der Waals surface area contributed by atoms with Crippen molar-refractivity contribution in [3.63, 3.8) is 0 Å². The molecule has 1 aromatic rings. The van der Waals surface area contributed by atoms with E-state index in [2.05, 4.69) is 10.3 Å². The fourth-order valence-electron chi connectivity index (χ4n) is 1.86. The predicted molar refractivity (Wildman–Crippen MR) is 68.8 cm³/mol. The minimum atomic E-state index is -1.08. The maximum Gasteiger partial charge on any atom is 0.254 e. The van der Waals surface area contributed by atoms with Crippen LogP contribution in [-0.4, -0.2) is 33.6 Å². The Kier molecular flexibility index (Phi) is 4.08. The Morgan fingerprint density at radius 3 is 2.94 bits per heavy atom. The van der Waals surface area contributed by atoms with E-state index in [1.165, 1.54) is 6.20 Å². The average Bonchev–Trinajstić information content (AvgIpc) is 2.76. The van der Waals surface area contributed by atoms with Gasteiger partial charge < -0.3 is 10.1 Å². The number of hydrogen-bond acceptors (Lipinski definition) is 4. The zero-order valence-electron chi connectivity index (χ0n) is 10.4. The van der Waals surface area contributed by atoms with Crippen molar-refractivity contribution in [3.8, 4) is 0 Å². The summed E-state index contributed by atoms with van der Waals surface area (Å²) < 4.78 is 16.8. The number of hydrogen-bond donors (Lipinski definition) is 1. The zero-order valence-corrected chi connectivity index (χ0v) is 11.2. The second-order valence-corrected chi connectivity index (χ2v) is 5.71. The molecule has 2 heterocycles. The van der Waals surface area contributed by atoms with E-state index >= 15 is 0 Å². The molecular weight excluding hydrogens is 252 g/mol. The van der Waals surface area contributed by atoms with Gasteiger partial charge >= 0.3 is 0 Å². The molecule has 3 atom stereocenters. The highest BCUT2D eigenvalue weighted by Crippen LogP contribution is 2.20. The Balaban J connectivity index is 2.03. The van der Waals surface area contributed by atoms with E-state index < -0.39 is 16.9 Å². The number of nitrogens with zero attached hydrogens (tertiary/aromatic N) is 1. The van der Waals surface area contributed by atoms with Crippen LogP contribution in [-0.2, 0) is 20.3 Å². The molecule has 0 saturated carbocycles. The third-order valence-corrected chi connectivity index (χ3v) is 3.76. The lowest BCUT2D eigenvalue weighted by molar-refractivity contribution is -0.126. The van der Waals surface area contributed by atoms with E-state index in [4.69, 9.17) is 4.74 Å². The molecule has 0 radical (unpaired) electrons. The third-order valence-electron chi connectivity index (χ3n) is 2.84. The fraction of sp³-hybridized carbons (Fsp3) is 0.500. The molecule has 1 aliphatic heterocycles. The summed E-state index contributed by atoms with van der Waals surface area (Å²) in [6.45, 7) is 1.95. The Hall–Kier alpha value is -1.27. The van der Waals surface area contributed by atoms with E-state index in [0.29, 0.717) is 10.7 Å². The van der Waals surface area contributed by atoms with Crippen LogP contribution in [0.4, 0.5) is 5.82 Å². The number of aromatic nitrogens is 1. The first-order valence-corrected chi connectivity index (χ1v) is 7.38.